The van der Waals surface area contributed by atoms with Gasteiger partial charge in [-0.2, -0.15) is 0 Å². The molecule has 1 heterocycles. The number of anilines is 1. The summed E-state index contributed by atoms with van der Waals surface area (Å²) in [7, 11) is 0. The first-order valence-electron chi connectivity index (χ1n) is 10.3. The van der Waals surface area contributed by atoms with E-state index in [9.17, 15) is 14.4 Å². The summed E-state index contributed by atoms with van der Waals surface area (Å²) in [5, 5.41) is 3.15. The smallest absolute Gasteiger partial charge is 0.293 e. The van der Waals surface area contributed by atoms with Crippen LogP contribution in [0.15, 0.2) is 71.6 Å². The van der Waals surface area contributed by atoms with Gasteiger partial charge in [-0.1, -0.05) is 47.5 Å². The summed E-state index contributed by atoms with van der Waals surface area (Å²) in [4.78, 5) is 39.3. The number of hydrogen-bond acceptors (Lipinski definition) is 5. The number of thioether (sulfide) groups is 1. The third kappa shape index (κ3) is 6.58. The molecule has 0 aromatic heterocycles. The standard InChI is InChI=1S/C25H17Cl2IN2O4S/c26-17-7-10-21(34-14-23(31)29-20-4-2-1-3-19(20)27)16(11-17)12-22-24(32)30(25(33)35-22)13-15-5-8-18(28)9-6-15/h1-12H,13-14H2,(H,29,31)/b22-12-. The van der Waals surface area contributed by atoms with Gasteiger partial charge in [0.2, 0.25) is 0 Å². The number of imide groups is 1. The van der Waals surface area contributed by atoms with Gasteiger partial charge in [-0.05, 0) is 88.5 Å². The summed E-state index contributed by atoms with van der Waals surface area (Å²) in [6.07, 6.45) is 1.55. The second-order valence-electron chi connectivity index (χ2n) is 7.39. The maximum atomic E-state index is 13.0. The van der Waals surface area contributed by atoms with E-state index in [1.165, 1.54) is 4.90 Å². The number of nitrogens with zero attached hydrogens (tertiary/aromatic N) is 1. The van der Waals surface area contributed by atoms with Crippen LogP contribution in [0.4, 0.5) is 10.5 Å². The Labute approximate surface area is 229 Å². The number of rotatable bonds is 7. The molecule has 0 radical (unpaired) electrons. The topological polar surface area (TPSA) is 75.7 Å². The summed E-state index contributed by atoms with van der Waals surface area (Å²) in [6, 6.07) is 19.3. The highest BCUT2D eigenvalue weighted by molar-refractivity contribution is 14.1. The van der Waals surface area contributed by atoms with Crippen molar-refractivity contribution >= 4 is 86.4 Å². The van der Waals surface area contributed by atoms with Crippen LogP contribution in [0.3, 0.4) is 0 Å². The Kier molecular flexibility index (Phi) is 8.38. The van der Waals surface area contributed by atoms with E-state index in [4.69, 9.17) is 27.9 Å². The predicted octanol–water partition coefficient (Wildman–Crippen LogP) is 6.85. The summed E-state index contributed by atoms with van der Waals surface area (Å²) in [5.74, 6) is -0.467. The Hall–Kier alpha value is -2.53. The number of carbonyl (C=O) groups is 3. The van der Waals surface area contributed by atoms with Crippen molar-refractivity contribution in [1.29, 1.82) is 0 Å². The molecule has 0 unspecified atom stereocenters. The summed E-state index contributed by atoms with van der Waals surface area (Å²) in [5.41, 5.74) is 1.80. The first kappa shape index (κ1) is 25.6. The third-order valence-corrected chi connectivity index (χ3v) is 7.08. The van der Waals surface area contributed by atoms with Crippen LogP contribution in [-0.4, -0.2) is 28.6 Å². The highest BCUT2D eigenvalue weighted by Crippen LogP contribution is 2.35. The summed E-state index contributed by atoms with van der Waals surface area (Å²) in [6.45, 7) is -0.109. The molecule has 1 fully saturated rings. The Morgan fingerprint density at radius 2 is 1.80 bits per heavy atom. The van der Waals surface area contributed by atoms with Crippen LogP contribution in [0, 0.1) is 3.57 Å². The molecule has 10 heteroatoms. The average molecular weight is 639 g/mol. The molecule has 3 amide bonds. The molecule has 1 N–H and O–H groups in total. The highest BCUT2D eigenvalue weighted by Gasteiger charge is 2.35. The van der Waals surface area contributed by atoms with Gasteiger partial charge in [-0.3, -0.25) is 19.3 Å². The quantitative estimate of drug-likeness (QED) is 0.226. The zero-order valence-electron chi connectivity index (χ0n) is 18.0. The van der Waals surface area contributed by atoms with Crippen LogP contribution in [0.5, 0.6) is 5.75 Å². The van der Waals surface area contributed by atoms with Gasteiger partial charge in [0, 0.05) is 14.2 Å². The van der Waals surface area contributed by atoms with Crippen molar-refractivity contribution in [3.8, 4) is 5.75 Å². The molecule has 3 aromatic carbocycles. The summed E-state index contributed by atoms with van der Waals surface area (Å²) < 4.78 is 6.76. The number of benzene rings is 3. The first-order chi connectivity index (χ1) is 16.8. The van der Waals surface area contributed by atoms with E-state index < -0.39 is 11.8 Å². The van der Waals surface area contributed by atoms with Crippen molar-refractivity contribution in [1.82, 2.24) is 4.90 Å². The maximum absolute atomic E-state index is 13.0. The van der Waals surface area contributed by atoms with Gasteiger partial charge >= 0.3 is 0 Å². The molecular formula is C25H17Cl2IN2O4S. The molecule has 0 saturated carbocycles. The van der Waals surface area contributed by atoms with E-state index in [0.717, 1.165) is 20.9 Å². The molecule has 4 rings (SSSR count). The minimum absolute atomic E-state index is 0.181. The fraction of sp³-hybridized carbons (Fsp3) is 0.0800. The second kappa shape index (κ2) is 11.5. The third-order valence-electron chi connectivity index (χ3n) is 4.89. The van der Waals surface area contributed by atoms with Crippen LogP contribution in [0.2, 0.25) is 10.0 Å². The van der Waals surface area contributed by atoms with Gasteiger partial charge in [-0.25, -0.2) is 0 Å². The van der Waals surface area contributed by atoms with Crippen molar-refractivity contribution in [2.45, 2.75) is 6.54 Å². The van der Waals surface area contributed by atoms with Crippen LogP contribution >= 0.6 is 57.6 Å². The van der Waals surface area contributed by atoms with Gasteiger partial charge in [0.25, 0.3) is 17.1 Å². The number of amides is 3. The number of carbonyl (C=O) groups excluding carboxylic acids is 3. The zero-order valence-corrected chi connectivity index (χ0v) is 22.5. The van der Waals surface area contributed by atoms with Crippen molar-refractivity contribution in [3.63, 3.8) is 0 Å². The number of nitrogens with one attached hydrogen (secondary N) is 1. The normalized spacial score (nSPS) is 14.5. The minimum Gasteiger partial charge on any atom is -0.483 e. The highest BCUT2D eigenvalue weighted by atomic mass is 127. The van der Waals surface area contributed by atoms with Crippen molar-refractivity contribution in [2.24, 2.45) is 0 Å². The number of halogens is 3. The van der Waals surface area contributed by atoms with Gasteiger partial charge in [0.15, 0.2) is 6.61 Å². The molecule has 0 bridgehead atoms. The second-order valence-corrected chi connectivity index (χ2v) is 10.5. The molecule has 0 atom stereocenters. The lowest BCUT2D eigenvalue weighted by Gasteiger charge is -2.13. The van der Waals surface area contributed by atoms with Crippen LogP contribution < -0.4 is 10.1 Å². The molecular weight excluding hydrogens is 622 g/mol. The van der Waals surface area contributed by atoms with E-state index in [0.29, 0.717) is 27.0 Å². The molecule has 178 valence electrons. The van der Waals surface area contributed by atoms with Crippen LogP contribution in [0.25, 0.3) is 6.08 Å². The molecule has 35 heavy (non-hydrogen) atoms. The molecule has 6 nitrogen and oxygen atoms in total. The first-order valence-corrected chi connectivity index (χ1v) is 12.9. The molecule has 1 aliphatic rings. The van der Waals surface area contributed by atoms with E-state index in [2.05, 4.69) is 27.9 Å². The maximum Gasteiger partial charge on any atom is 0.293 e. The fourth-order valence-electron chi connectivity index (χ4n) is 3.21. The van der Waals surface area contributed by atoms with Crippen molar-refractivity contribution in [2.75, 3.05) is 11.9 Å². The molecule has 0 spiro atoms. The van der Waals surface area contributed by atoms with Gasteiger partial charge in [-0.15, -0.1) is 0 Å². The van der Waals surface area contributed by atoms with Gasteiger partial charge in [0.05, 0.1) is 22.2 Å². The lowest BCUT2D eigenvalue weighted by Crippen LogP contribution is -2.27. The minimum atomic E-state index is -0.406. The summed E-state index contributed by atoms with van der Waals surface area (Å²) >= 11 is 15.3. The Morgan fingerprint density at radius 3 is 2.54 bits per heavy atom. The SMILES string of the molecule is O=C(COc1ccc(Cl)cc1/C=C1\SC(=O)N(Cc2ccc(I)cc2)C1=O)Nc1ccccc1Cl. The van der Waals surface area contributed by atoms with Gasteiger partial charge < -0.3 is 10.1 Å². The molecule has 0 aliphatic carbocycles. The monoisotopic (exact) mass is 638 g/mol. The van der Waals surface area contributed by atoms with E-state index in [-0.39, 0.29) is 23.3 Å². The molecule has 3 aromatic rings. The Morgan fingerprint density at radius 1 is 1.06 bits per heavy atom. The van der Waals surface area contributed by atoms with Gasteiger partial charge in [0.1, 0.15) is 5.75 Å². The zero-order chi connectivity index (χ0) is 24.9. The lowest BCUT2D eigenvalue weighted by molar-refractivity contribution is -0.123. The molecule has 1 aliphatic heterocycles. The average Bonchev–Trinajstić information content (AvgIpc) is 3.09. The van der Waals surface area contributed by atoms with Crippen LogP contribution in [-0.2, 0) is 16.1 Å². The number of para-hydroxylation sites is 1. The molecule has 1 saturated heterocycles. The van der Waals surface area contributed by atoms with E-state index >= 15 is 0 Å². The predicted molar refractivity (Wildman–Crippen MR) is 148 cm³/mol. The number of ether oxygens (including phenoxy) is 1. The fourth-order valence-corrected chi connectivity index (χ4v) is 4.76. The van der Waals surface area contributed by atoms with E-state index in [1.807, 2.05) is 24.3 Å². The Balaban J connectivity index is 1.48. The van der Waals surface area contributed by atoms with Crippen molar-refractivity contribution < 1.29 is 19.1 Å². The van der Waals surface area contributed by atoms with Crippen LogP contribution in [0.1, 0.15) is 11.1 Å². The number of hydrogen-bond donors (Lipinski definition) is 1. The Bertz CT molecular complexity index is 1330. The van der Waals surface area contributed by atoms with E-state index in [1.54, 1.807) is 48.5 Å². The van der Waals surface area contributed by atoms with Crippen molar-refractivity contribution in [3.05, 3.63) is 96.4 Å². The largest absolute Gasteiger partial charge is 0.483 e. The lowest BCUT2D eigenvalue weighted by atomic mass is 10.1.